The summed E-state index contributed by atoms with van der Waals surface area (Å²) in [6.45, 7) is 4.36. The van der Waals surface area contributed by atoms with Gasteiger partial charge in [-0.2, -0.15) is 0 Å². The molecule has 0 radical (unpaired) electrons. The van der Waals surface area contributed by atoms with Crippen molar-refractivity contribution in [3.05, 3.63) is 0 Å². The van der Waals surface area contributed by atoms with E-state index in [1.807, 2.05) is 0 Å². The van der Waals surface area contributed by atoms with Gasteiger partial charge in [-0.3, -0.25) is 0 Å². The summed E-state index contributed by atoms with van der Waals surface area (Å²) in [5.74, 6) is 1.75. The molecule has 0 N–H and O–H groups in total. The van der Waals surface area contributed by atoms with E-state index in [-0.39, 0.29) is 0 Å². The summed E-state index contributed by atoms with van der Waals surface area (Å²) < 4.78 is 1.52. The van der Waals surface area contributed by atoms with E-state index < -0.39 is 0 Å². The first kappa shape index (κ1) is 15.9. The molecular weight excluding hydrogens is 312 g/mol. The van der Waals surface area contributed by atoms with Gasteiger partial charge in [-0.15, -0.1) is 25.3 Å². The molecular formula is C13H22N2S4. The van der Waals surface area contributed by atoms with Gasteiger partial charge in [0.15, 0.2) is 0 Å². The maximum Gasteiger partial charge on any atom is 0.133 e. The largest absolute Gasteiger partial charge is 0.358 e. The predicted molar refractivity (Wildman–Crippen MR) is 96.4 cm³/mol. The van der Waals surface area contributed by atoms with Gasteiger partial charge >= 0.3 is 0 Å². The molecule has 108 valence electrons. The van der Waals surface area contributed by atoms with Crippen molar-refractivity contribution in [2.24, 2.45) is 11.8 Å². The normalized spacial score (nSPS) is 22.6. The third kappa shape index (κ3) is 4.76. The zero-order chi connectivity index (χ0) is 13.8. The quantitative estimate of drug-likeness (QED) is 0.591. The van der Waals surface area contributed by atoms with Crippen molar-refractivity contribution >= 4 is 58.3 Å². The summed E-state index contributed by atoms with van der Waals surface area (Å²) in [6, 6.07) is 0. The molecule has 2 nitrogen and oxygen atoms in total. The van der Waals surface area contributed by atoms with Crippen LogP contribution in [0, 0.1) is 11.8 Å². The first-order chi connectivity index (χ1) is 9.06. The molecule has 2 rings (SSSR count). The molecule has 2 heterocycles. The van der Waals surface area contributed by atoms with Crippen LogP contribution in [0.4, 0.5) is 0 Å². The van der Waals surface area contributed by atoms with Crippen molar-refractivity contribution in [3.8, 4) is 0 Å². The Hall–Kier alpha value is 0.480. The molecule has 0 aromatic carbocycles. The molecule has 2 saturated heterocycles. The molecule has 6 heteroatoms. The van der Waals surface area contributed by atoms with E-state index in [0.717, 1.165) is 46.7 Å². The van der Waals surface area contributed by atoms with Crippen molar-refractivity contribution in [2.75, 3.05) is 26.2 Å². The van der Waals surface area contributed by atoms with E-state index in [9.17, 15) is 0 Å². The Bertz CT molecular complexity index is 300. The highest BCUT2D eigenvalue weighted by atomic mass is 32.1. The second-order valence-corrected chi connectivity index (χ2v) is 7.89. The Labute approximate surface area is 138 Å². The summed E-state index contributed by atoms with van der Waals surface area (Å²) in [5.41, 5.74) is 0. The van der Waals surface area contributed by atoms with Crippen LogP contribution in [0.1, 0.15) is 32.1 Å². The molecule has 0 aromatic rings. The van der Waals surface area contributed by atoms with Gasteiger partial charge in [-0.05, 0) is 43.9 Å². The molecule has 2 fully saturated rings. The molecule has 0 aliphatic carbocycles. The van der Waals surface area contributed by atoms with Gasteiger partial charge in [0.1, 0.15) is 8.64 Å². The van der Waals surface area contributed by atoms with Crippen LogP contribution in [0.5, 0.6) is 0 Å². The SMILES string of the molecule is S=C(S)N1CCC(CC2CCN(C(=S)S)CC2)CC1. The molecule has 2 aliphatic heterocycles. The predicted octanol–water partition coefficient (Wildman–Crippen LogP) is 3.23. The lowest BCUT2D eigenvalue weighted by atomic mass is 9.83. The summed E-state index contributed by atoms with van der Waals surface area (Å²) in [6.07, 6.45) is 6.45. The van der Waals surface area contributed by atoms with E-state index in [2.05, 4.69) is 35.1 Å². The van der Waals surface area contributed by atoms with E-state index in [1.54, 1.807) is 0 Å². The van der Waals surface area contributed by atoms with Gasteiger partial charge in [0.2, 0.25) is 0 Å². The minimum absolute atomic E-state index is 0.758. The number of thiol groups is 2. The lowest BCUT2D eigenvalue weighted by Crippen LogP contribution is -2.38. The fourth-order valence-corrected chi connectivity index (χ4v) is 3.96. The summed E-state index contributed by atoms with van der Waals surface area (Å²) in [5, 5.41) is 0. The Morgan fingerprint density at radius 2 is 1.11 bits per heavy atom. The van der Waals surface area contributed by atoms with Crippen molar-refractivity contribution in [3.63, 3.8) is 0 Å². The van der Waals surface area contributed by atoms with Crippen molar-refractivity contribution in [1.29, 1.82) is 0 Å². The molecule has 0 amide bonds. The number of rotatable bonds is 2. The smallest absolute Gasteiger partial charge is 0.133 e. The van der Waals surface area contributed by atoms with Crippen LogP contribution in [-0.4, -0.2) is 44.6 Å². The highest BCUT2D eigenvalue weighted by molar-refractivity contribution is 8.11. The number of hydrogen-bond donors (Lipinski definition) is 2. The van der Waals surface area contributed by atoms with Crippen molar-refractivity contribution < 1.29 is 0 Å². The second kappa shape index (κ2) is 7.48. The molecule has 0 atom stereocenters. The molecule has 0 unspecified atom stereocenters. The number of hydrogen-bond acceptors (Lipinski definition) is 2. The van der Waals surface area contributed by atoms with Crippen LogP contribution in [0.15, 0.2) is 0 Å². The highest BCUT2D eigenvalue weighted by Crippen LogP contribution is 2.30. The number of thiocarbonyl (C=S) groups is 2. The lowest BCUT2D eigenvalue weighted by Gasteiger charge is -2.37. The summed E-state index contributed by atoms with van der Waals surface area (Å²) >= 11 is 18.8. The molecule has 2 aliphatic rings. The van der Waals surface area contributed by atoms with Crippen molar-refractivity contribution in [2.45, 2.75) is 32.1 Å². The first-order valence-corrected chi connectivity index (χ1v) is 8.73. The van der Waals surface area contributed by atoms with Crippen LogP contribution in [0.25, 0.3) is 0 Å². The van der Waals surface area contributed by atoms with Gasteiger partial charge in [0.25, 0.3) is 0 Å². The van der Waals surface area contributed by atoms with E-state index >= 15 is 0 Å². The molecule has 19 heavy (non-hydrogen) atoms. The topological polar surface area (TPSA) is 6.48 Å². The number of likely N-dealkylation sites (tertiary alicyclic amines) is 2. The number of nitrogens with zero attached hydrogens (tertiary/aromatic N) is 2. The summed E-state index contributed by atoms with van der Waals surface area (Å²) in [7, 11) is 0. The molecule has 0 spiro atoms. The molecule has 0 bridgehead atoms. The Morgan fingerprint density at radius 1 is 0.789 bits per heavy atom. The standard InChI is InChI=1S/C13H22N2S4/c16-12(17)14-5-1-10(2-6-14)9-11-3-7-15(8-4-11)13(18)19/h10-11H,1-9H2,(H,16,17)(H,18,19). The minimum Gasteiger partial charge on any atom is -0.358 e. The van der Waals surface area contributed by atoms with Crippen LogP contribution in [0.3, 0.4) is 0 Å². The number of piperidine rings is 2. The zero-order valence-corrected chi connectivity index (χ0v) is 14.5. The fourth-order valence-electron chi connectivity index (χ4n) is 3.19. The summed E-state index contributed by atoms with van der Waals surface area (Å²) in [4.78, 5) is 4.44. The Morgan fingerprint density at radius 3 is 1.37 bits per heavy atom. The fraction of sp³-hybridized carbons (Fsp3) is 0.846. The van der Waals surface area contributed by atoms with Crippen LogP contribution in [-0.2, 0) is 0 Å². The van der Waals surface area contributed by atoms with E-state index in [4.69, 9.17) is 24.4 Å². The highest BCUT2D eigenvalue weighted by Gasteiger charge is 2.25. The van der Waals surface area contributed by atoms with E-state index in [0.29, 0.717) is 0 Å². The van der Waals surface area contributed by atoms with Crippen LogP contribution >= 0.6 is 49.7 Å². The van der Waals surface area contributed by atoms with Crippen LogP contribution < -0.4 is 0 Å². The van der Waals surface area contributed by atoms with E-state index in [1.165, 1.54) is 32.1 Å². The minimum atomic E-state index is 0.758. The second-order valence-electron chi connectivity index (χ2n) is 5.66. The van der Waals surface area contributed by atoms with Crippen LogP contribution in [0.2, 0.25) is 0 Å². The maximum atomic E-state index is 5.12. The van der Waals surface area contributed by atoms with Gasteiger partial charge in [0, 0.05) is 26.2 Å². The van der Waals surface area contributed by atoms with Gasteiger partial charge in [0.05, 0.1) is 0 Å². The third-order valence-electron chi connectivity index (χ3n) is 4.44. The van der Waals surface area contributed by atoms with Crippen molar-refractivity contribution in [1.82, 2.24) is 9.80 Å². The average molecular weight is 335 g/mol. The monoisotopic (exact) mass is 334 g/mol. The van der Waals surface area contributed by atoms with Gasteiger partial charge in [-0.25, -0.2) is 0 Å². The zero-order valence-electron chi connectivity index (χ0n) is 11.1. The first-order valence-electron chi connectivity index (χ1n) is 7.02. The van der Waals surface area contributed by atoms with Gasteiger partial charge < -0.3 is 9.80 Å². The Kier molecular flexibility index (Phi) is 6.24. The van der Waals surface area contributed by atoms with Gasteiger partial charge in [-0.1, -0.05) is 24.4 Å². The molecule has 0 aromatic heterocycles. The Balaban J connectivity index is 1.69. The third-order valence-corrected chi connectivity index (χ3v) is 5.52. The molecule has 0 saturated carbocycles. The maximum absolute atomic E-state index is 5.12. The lowest BCUT2D eigenvalue weighted by molar-refractivity contribution is 0.193. The average Bonchev–Trinajstić information content (AvgIpc) is 2.40.